The molecule has 160 valence electrons. The number of rotatable bonds is 7. The van der Waals surface area contributed by atoms with E-state index in [1.807, 2.05) is 14.1 Å². The molecule has 2 fully saturated rings. The van der Waals surface area contributed by atoms with E-state index in [2.05, 4.69) is 0 Å². The summed E-state index contributed by atoms with van der Waals surface area (Å²) in [5, 5.41) is 0. The Morgan fingerprint density at radius 1 is 0.929 bits per heavy atom. The molecule has 0 bridgehead atoms. The van der Waals surface area contributed by atoms with Gasteiger partial charge >= 0.3 is 6.03 Å². The largest absolute Gasteiger partial charge is 1.00 e. The van der Waals surface area contributed by atoms with E-state index in [4.69, 9.17) is 11.8 Å². The zero-order valence-electron chi connectivity index (χ0n) is 17.4. The van der Waals surface area contributed by atoms with E-state index in [-0.39, 0.29) is 43.1 Å². The molecule has 0 aromatic carbocycles. The number of amides is 5. The van der Waals surface area contributed by atoms with Gasteiger partial charge < -0.3 is 16.9 Å². The van der Waals surface area contributed by atoms with E-state index in [0.717, 1.165) is 4.42 Å². The van der Waals surface area contributed by atoms with Crippen LogP contribution >= 0.6 is 11.8 Å². The SMILES string of the molecule is CC1(C)CC(=O)N(CCC[N+](C)(C)CCN2C(=O)N(Cl)C(C)(C)C2=O)C1=O.[Cl-]. The van der Waals surface area contributed by atoms with Crippen molar-refractivity contribution in [1.29, 1.82) is 0 Å². The fourth-order valence-electron chi connectivity index (χ4n) is 3.44. The Kier molecular flexibility index (Phi) is 7.19. The Morgan fingerprint density at radius 3 is 1.93 bits per heavy atom. The van der Waals surface area contributed by atoms with Crippen LogP contribution in [0.5, 0.6) is 0 Å². The van der Waals surface area contributed by atoms with Gasteiger partial charge in [-0.3, -0.25) is 24.2 Å². The van der Waals surface area contributed by atoms with Crippen molar-refractivity contribution in [2.45, 2.75) is 46.1 Å². The molecule has 2 rings (SSSR count). The fourth-order valence-corrected chi connectivity index (χ4v) is 3.60. The van der Waals surface area contributed by atoms with Crippen LogP contribution in [0.25, 0.3) is 0 Å². The summed E-state index contributed by atoms with van der Waals surface area (Å²) in [5.41, 5.74) is -1.66. The third-order valence-corrected chi connectivity index (χ3v) is 6.02. The number of imide groups is 2. The Balaban J connectivity index is 0.00000392. The van der Waals surface area contributed by atoms with Crippen LogP contribution in [0.2, 0.25) is 0 Å². The Hall–Kier alpha value is -1.38. The summed E-state index contributed by atoms with van der Waals surface area (Å²) in [6, 6.07) is -0.498. The number of hydrogen-bond acceptors (Lipinski definition) is 4. The Labute approximate surface area is 177 Å². The molecule has 5 amide bonds. The molecule has 0 spiro atoms. The molecule has 0 radical (unpaired) electrons. The van der Waals surface area contributed by atoms with Gasteiger partial charge in [-0.05, 0) is 13.8 Å². The molecular weight excluding hydrogens is 407 g/mol. The monoisotopic (exact) mass is 436 g/mol. The van der Waals surface area contributed by atoms with Gasteiger partial charge in [-0.1, -0.05) is 13.8 Å². The lowest BCUT2D eigenvalue weighted by atomic mass is 9.92. The standard InChI is InChI=1S/C18H30ClN4O4.ClH/c1-17(2)12-13(24)20(14(17)25)8-7-10-23(5,6)11-9-21-15(26)18(3,4)22(19)16(21)27;/h7-12H2,1-6H3;1H/q+1;/p-1. The van der Waals surface area contributed by atoms with Crippen molar-refractivity contribution in [3.63, 3.8) is 0 Å². The number of nitrogens with zero attached hydrogens (tertiary/aromatic N) is 4. The summed E-state index contributed by atoms with van der Waals surface area (Å²) < 4.78 is 1.50. The van der Waals surface area contributed by atoms with Gasteiger partial charge in [0.05, 0.1) is 39.1 Å². The molecule has 2 aliphatic heterocycles. The molecule has 0 aromatic heterocycles. The van der Waals surface area contributed by atoms with E-state index in [1.165, 1.54) is 9.80 Å². The predicted octanol–water partition coefficient (Wildman–Crippen LogP) is -1.56. The molecule has 0 N–H and O–H groups in total. The predicted molar refractivity (Wildman–Crippen MR) is 100 cm³/mol. The molecule has 0 aromatic rings. The molecule has 2 aliphatic rings. The molecule has 2 saturated heterocycles. The van der Waals surface area contributed by atoms with E-state index in [1.54, 1.807) is 27.7 Å². The van der Waals surface area contributed by atoms with Crippen LogP contribution in [0.1, 0.15) is 40.5 Å². The van der Waals surface area contributed by atoms with Crippen molar-refractivity contribution in [3.8, 4) is 0 Å². The third-order valence-electron chi connectivity index (χ3n) is 5.45. The van der Waals surface area contributed by atoms with Gasteiger partial charge in [0.1, 0.15) is 5.54 Å². The van der Waals surface area contributed by atoms with Gasteiger partial charge in [0, 0.05) is 31.2 Å². The first-order valence-corrected chi connectivity index (χ1v) is 9.53. The minimum absolute atomic E-state index is 0. The Bertz CT molecular complexity index is 678. The zero-order valence-corrected chi connectivity index (χ0v) is 18.9. The maximum atomic E-state index is 12.4. The zero-order chi connectivity index (χ0) is 20.8. The lowest BCUT2D eigenvalue weighted by Gasteiger charge is -2.31. The van der Waals surface area contributed by atoms with Gasteiger partial charge in [-0.2, -0.15) is 0 Å². The van der Waals surface area contributed by atoms with Crippen LogP contribution in [-0.4, -0.2) is 88.3 Å². The number of likely N-dealkylation sites (tertiary alicyclic amines) is 1. The lowest BCUT2D eigenvalue weighted by molar-refractivity contribution is -0.889. The normalized spacial score (nSPS) is 21.6. The van der Waals surface area contributed by atoms with E-state index < -0.39 is 17.0 Å². The van der Waals surface area contributed by atoms with Crippen molar-refractivity contribution < 1.29 is 36.1 Å². The molecule has 0 aliphatic carbocycles. The highest BCUT2D eigenvalue weighted by atomic mass is 35.5. The first-order valence-electron chi connectivity index (χ1n) is 9.19. The van der Waals surface area contributed by atoms with Gasteiger partial charge in [-0.25, -0.2) is 9.21 Å². The van der Waals surface area contributed by atoms with Crippen molar-refractivity contribution in [2.75, 3.05) is 40.3 Å². The van der Waals surface area contributed by atoms with Crippen LogP contribution in [0.3, 0.4) is 0 Å². The van der Waals surface area contributed by atoms with E-state index in [0.29, 0.717) is 30.5 Å². The average molecular weight is 437 g/mol. The summed E-state index contributed by atoms with van der Waals surface area (Å²) in [6.07, 6.45) is 0.920. The van der Waals surface area contributed by atoms with Crippen LogP contribution in [0.15, 0.2) is 0 Å². The molecule has 8 nitrogen and oxygen atoms in total. The molecular formula is C18H30Cl2N4O4. The highest BCUT2D eigenvalue weighted by Gasteiger charge is 2.51. The van der Waals surface area contributed by atoms with Gasteiger partial charge in [-0.15, -0.1) is 0 Å². The minimum Gasteiger partial charge on any atom is -1.00 e. The van der Waals surface area contributed by atoms with Crippen LogP contribution in [0.4, 0.5) is 4.79 Å². The van der Waals surface area contributed by atoms with Crippen LogP contribution in [0, 0.1) is 5.41 Å². The van der Waals surface area contributed by atoms with E-state index >= 15 is 0 Å². The first-order chi connectivity index (χ1) is 12.2. The van der Waals surface area contributed by atoms with E-state index in [9.17, 15) is 19.2 Å². The average Bonchev–Trinajstić information content (AvgIpc) is 2.82. The summed E-state index contributed by atoms with van der Waals surface area (Å²) in [7, 11) is 3.98. The smallest absolute Gasteiger partial charge is 0.342 e. The summed E-state index contributed by atoms with van der Waals surface area (Å²) in [6.45, 7) is 8.75. The van der Waals surface area contributed by atoms with Crippen LogP contribution < -0.4 is 12.4 Å². The number of hydrogen-bond donors (Lipinski definition) is 0. The number of halogens is 2. The summed E-state index contributed by atoms with van der Waals surface area (Å²) in [5.74, 6) is -0.540. The van der Waals surface area contributed by atoms with Crippen molar-refractivity contribution in [3.05, 3.63) is 0 Å². The molecule has 0 saturated carbocycles. The fraction of sp³-hybridized carbons (Fsp3) is 0.778. The molecule has 28 heavy (non-hydrogen) atoms. The van der Waals surface area contributed by atoms with Crippen molar-refractivity contribution in [1.82, 2.24) is 14.2 Å². The Morgan fingerprint density at radius 2 is 1.50 bits per heavy atom. The van der Waals surface area contributed by atoms with Crippen molar-refractivity contribution in [2.24, 2.45) is 5.41 Å². The topological polar surface area (TPSA) is 78.0 Å². The molecule has 10 heteroatoms. The highest BCUT2D eigenvalue weighted by molar-refractivity contribution is 6.27. The lowest BCUT2D eigenvalue weighted by Crippen LogP contribution is -3.00. The first kappa shape index (κ1) is 24.7. The van der Waals surface area contributed by atoms with Crippen LogP contribution in [-0.2, 0) is 14.4 Å². The van der Waals surface area contributed by atoms with Gasteiger partial charge in [0.2, 0.25) is 11.8 Å². The number of quaternary nitrogens is 1. The quantitative estimate of drug-likeness (QED) is 0.209. The number of carbonyl (C=O) groups excluding carboxylic acids is 4. The maximum Gasteiger partial charge on any atom is 0.342 e. The molecule has 0 unspecified atom stereocenters. The number of carbonyl (C=O) groups is 4. The van der Waals surface area contributed by atoms with Gasteiger partial charge in [0.15, 0.2) is 0 Å². The summed E-state index contributed by atoms with van der Waals surface area (Å²) >= 11 is 5.95. The number of likely N-dealkylation sites (N-methyl/N-ethyl adjacent to an activating group) is 1. The van der Waals surface area contributed by atoms with Gasteiger partial charge in [0.25, 0.3) is 5.91 Å². The second-order valence-corrected chi connectivity index (χ2v) is 9.56. The highest BCUT2D eigenvalue weighted by Crippen LogP contribution is 2.32. The third kappa shape index (κ3) is 4.60. The minimum atomic E-state index is -1.04. The second kappa shape index (κ2) is 8.16. The molecule has 0 atom stereocenters. The summed E-state index contributed by atoms with van der Waals surface area (Å²) in [4.78, 5) is 51.4. The maximum absolute atomic E-state index is 12.4. The second-order valence-electron chi connectivity index (χ2n) is 9.23. The van der Waals surface area contributed by atoms with Crippen molar-refractivity contribution >= 4 is 35.5 Å². The number of urea groups is 1. The molecule has 2 heterocycles.